The number of hydrogen-bond donors (Lipinski definition) is 1. The lowest BCUT2D eigenvalue weighted by atomic mass is 9.90. The molecule has 32 heavy (non-hydrogen) atoms. The van der Waals surface area contributed by atoms with Crippen molar-refractivity contribution < 1.29 is 14.3 Å². The molecule has 1 aromatic carbocycles. The van der Waals surface area contributed by atoms with E-state index in [4.69, 9.17) is 4.74 Å². The van der Waals surface area contributed by atoms with Crippen molar-refractivity contribution in [2.24, 2.45) is 5.41 Å². The summed E-state index contributed by atoms with van der Waals surface area (Å²) in [6.45, 7) is 12.5. The maximum absolute atomic E-state index is 13.1. The molecule has 1 saturated carbocycles. The first kappa shape index (κ1) is 24.4. The van der Waals surface area contributed by atoms with Gasteiger partial charge in [-0.25, -0.2) is 4.79 Å². The quantitative estimate of drug-likeness (QED) is 0.666. The lowest BCUT2D eigenvalue weighted by Gasteiger charge is -2.37. The molecule has 3 rings (SSSR count). The Morgan fingerprint density at radius 1 is 0.969 bits per heavy atom. The largest absolute Gasteiger partial charge is 0.444 e. The normalized spacial score (nSPS) is 20.4. The SMILES string of the molecule is CC(C)(C)OC(=O)NC1CCN(C2CCCCC2)c2ccccc2N1CC(=O)C(C)(C)C. The van der Waals surface area contributed by atoms with Crippen LogP contribution in [-0.4, -0.2) is 42.8 Å². The number of ether oxygens (including phenoxy) is 1. The summed E-state index contributed by atoms with van der Waals surface area (Å²) in [7, 11) is 0. The van der Waals surface area contributed by atoms with Crippen molar-refractivity contribution in [1.82, 2.24) is 5.32 Å². The standard InChI is InChI=1S/C26H41N3O3/c1-25(2,3)22(30)18-29-21-15-11-10-14-20(21)28(19-12-8-7-9-13-19)17-16-23(29)27-24(31)32-26(4,5)6/h10-11,14-15,19,23H,7-9,12-13,16-18H2,1-6H3,(H,27,31). The van der Waals surface area contributed by atoms with Crippen LogP contribution in [0.3, 0.4) is 0 Å². The molecule has 1 aliphatic carbocycles. The second-order valence-electron chi connectivity index (χ2n) is 11.2. The maximum Gasteiger partial charge on any atom is 0.409 e. The van der Waals surface area contributed by atoms with Crippen molar-refractivity contribution in [1.29, 1.82) is 0 Å². The fourth-order valence-corrected chi connectivity index (χ4v) is 4.61. The number of rotatable bonds is 4. The third-order valence-electron chi connectivity index (χ3n) is 6.37. The monoisotopic (exact) mass is 443 g/mol. The Morgan fingerprint density at radius 2 is 1.59 bits per heavy atom. The maximum atomic E-state index is 13.1. The Morgan fingerprint density at radius 3 is 2.19 bits per heavy atom. The number of nitrogens with zero attached hydrogens (tertiary/aromatic N) is 2. The Bertz CT molecular complexity index is 803. The van der Waals surface area contributed by atoms with Crippen molar-refractivity contribution in [3.63, 3.8) is 0 Å². The zero-order chi connectivity index (χ0) is 23.5. The van der Waals surface area contributed by atoms with Gasteiger partial charge in [-0.15, -0.1) is 0 Å². The fourth-order valence-electron chi connectivity index (χ4n) is 4.61. The first-order valence-corrected chi connectivity index (χ1v) is 12.1. The van der Waals surface area contributed by atoms with E-state index in [2.05, 4.69) is 33.3 Å². The predicted octanol–water partition coefficient (Wildman–Crippen LogP) is 5.50. The number of anilines is 2. The Hall–Kier alpha value is -2.24. The van der Waals surface area contributed by atoms with E-state index in [9.17, 15) is 9.59 Å². The van der Waals surface area contributed by atoms with Crippen LogP contribution in [0.15, 0.2) is 24.3 Å². The molecular weight excluding hydrogens is 402 g/mol. The van der Waals surface area contributed by atoms with Gasteiger partial charge in [0.15, 0.2) is 5.78 Å². The summed E-state index contributed by atoms with van der Waals surface area (Å²) in [6, 6.07) is 8.83. The van der Waals surface area contributed by atoms with Gasteiger partial charge in [0.1, 0.15) is 11.8 Å². The minimum atomic E-state index is -0.576. The number of fused-ring (bicyclic) bond motifs is 1. The summed E-state index contributed by atoms with van der Waals surface area (Å²) < 4.78 is 5.56. The van der Waals surface area contributed by atoms with Gasteiger partial charge in [0.05, 0.1) is 17.9 Å². The minimum Gasteiger partial charge on any atom is -0.444 e. The van der Waals surface area contributed by atoms with Gasteiger partial charge in [-0.05, 0) is 45.7 Å². The van der Waals surface area contributed by atoms with Gasteiger partial charge >= 0.3 is 6.09 Å². The van der Waals surface area contributed by atoms with Crippen LogP contribution in [0.4, 0.5) is 16.2 Å². The number of carbonyl (C=O) groups excluding carboxylic acids is 2. The van der Waals surface area contributed by atoms with Crippen molar-refractivity contribution in [3.8, 4) is 0 Å². The van der Waals surface area contributed by atoms with Gasteiger partial charge in [0, 0.05) is 24.4 Å². The highest BCUT2D eigenvalue weighted by Gasteiger charge is 2.35. The van der Waals surface area contributed by atoms with Crippen LogP contribution in [0.2, 0.25) is 0 Å². The summed E-state index contributed by atoms with van der Waals surface area (Å²) in [6.07, 6.45) is 6.18. The molecule has 0 radical (unpaired) electrons. The van der Waals surface area contributed by atoms with E-state index in [1.807, 2.05) is 47.6 Å². The number of para-hydroxylation sites is 2. The lowest BCUT2D eigenvalue weighted by Crippen LogP contribution is -2.52. The second-order valence-corrected chi connectivity index (χ2v) is 11.2. The van der Waals surface area contributed by atoms with Gasteiger partial charge < -0.3 is 19.9 Å². The third-order valence-corrected chi connectivity index (χ3v) is 6.37. The number of hydrogen-bond acceptors (Lipinski definition) is 5. The first-order chi connectivity index (χ1) is 15.0. The van der Waals surface area contributed by atoms with E-state index in [0.29, 0.717) is 6.04 Å². The van der Waals surface area contributed by atoms with E-state index in [1.54, 1.807) is 0 Å². The summed E-state index contributed by atoms with van der Waals surface area (Å²) in [5.41, 5.74) is 1.14. The van der Waals surface area contributed by atoms with E-state index in [1.165, 1.54) is 32.1 Å². The lowest BCUT2D eigenvalue weighted by molar-refractivity contribution is -0.125. The number of benzene rings is 1. The molecule has 6 nitrogen and oxygen atoms in total. The zero-order valence-corrected chi connectivity index (χ0v) is 20.7. The van der Waals surface area contributed by atoms with Crippen LogP contribution in [0.1, 0.15) is 80.1 Å². The number of amides is 1. The smallest absolute Gasteiger partial charge is 0.409 e. The average Bonchev–Trinajstić information content (AvgIpc) is 2.84. The van der Waals surface area contributed by atoms with Crippen LogP contribution in [-0.2, 0) is 9.53 Å². The molecule has 2 aliphatic rings. The number of alkyl carbamates (subject to hydrolysis) is 1. The summed E-state index contributed by atoms with van der Waals surface area (Å²) >= 11 is 0. The second kappa shape index (κ2) is 9.72. The van der Waals surface area contributed by atoms with Crippen molar-refractivity contribution >= 4 is 23.3 Å². The molecule has 1 atom stereocenters. The first-order valence-electron chi connectivity index (χ1n) is 12.1. The molecule has 0 saturated heterocycles. The molecule has 1 fully saturated rings. The molecule has 6 heteroatoms. The molecule has 1 unspecified atom stereocenters. The predicted molar refractivity (Wildman–Crippen MR) is 130 cm³/mol. The molecule has 1 N–H and O–H groups in total. The molecule has 0 spiro atoms. The van der Waals surface area contributed by atoms with E-state index >= 15 is 0 Å². The zero-order valence-electron chi connectivity index (χ0n) is 20.7. The van der Waals surface area contributed by atoms with E-state index < -0.39 is 17.1 Å². The van der Waals surface area contributed by atoms with Gasteiger partial charge in [0.2, 0.25) is 0 Å². The number of carbonyl (C=O) groups is 2. The molecule has 1 amide bonds. The van der Waals surface area contributed by atoms with Crippen LogP contribution in [0.25, 0.3) is 0 Å². The van der Waals surface area contributed by atoms with Gasteiger partial charge in [0.25, 0.3) is 0 Å². The number of nitrogens with one attached hydrogen (secondary N) is 1. The molecular formula is C26H41N3O3. The molecule has 0 bridgehead atoms. The van der Waals surface area contributed by atoms with Crippen LogP contribution >= 0.6 is 0 Å². The summed E-state index contributed by atoms with van der Waals surface area (Å²) in [5, 5.41) is 3.07. The topological polar surface area (TPSA) is 61.9 Å². The third kappa shape index (κ3) is 6.17. The highest BCUT2D eigenvalue weighted by atomic mass is 16.6. The van der Waals surface area contributed by atoms with Crippen LogP contribution in [0.5, 0.6) is 0 Å². The highest BCUT2D eigenvalue weighted by Crippen LogP contribution is 2.38. The molecule has 178 valence electrons. The number of ketones is 1. The van der Waals surface area contributed by atoms with Gasteiger partial charge in [-0.3, -0.25) is 4.79 Å². The molecule has 1 heterocycles. The fraction of sp³-hybridized carbons (Fsp3) is 0.692. The summed E-state index contributed by atoms with van der Waals surface area (Å²) in [4.78, 5) is 30.4. The Balaban J connectivity index is 1.95. The average molecular weight is 444 g/mol. The van der Waals surface area contributed by atoms with Crippen LogP contribution < -0.4 is 15.1 Å². The molecule has 1 aromatic rings. The van der Waals surface area contributed by atoms with E-state index in [0.717, 1.165) is 24.3 Å². The van der Waals surface area contributed by atoms with Crippen LogP contribution in [0, 0.1) is 5.41 Å². The number of Topliss-reactive ketones (excluding diaryl/α,β-unsaturated/α-hetero) is 1. The van der Waals surface area contributed by atoms with Gasteiger partial charge in [-0.2, -0.15) is 0 Å². The molecule has 0 aromatic heterocycles. The van der Waals surface area contributed by atoms with Crippen molar-refractivity contribution in [2.45, 2.75) is 97.9 Å². The molecule has 1 aliphatic heterocycles. The Labute approximate surface area is 193 Å². The van der Waals surface area contributed by atoms with Crippen molar-refractivity contribution in [3.05, 3.63) is 24.3 Å². The minimum absolute atomic E-state index is 0.148. The van der Waals surface area contributed by atoms with Crippen molar-refractivity contribution in [2.75, 3.05) is 22.9 Å². The highest BCUT2D eigenvalue weighted by molar-refractivity contribution is 5.90. The Kier molecular flexibility index (Phi) is 7.41. The van der Waals surface area contributed by atoms with Gasteiger partial charge in [-0.1, -0.05) is 52.2 Å². The summed E-state index contributed by atoms with van der Waals surface area (Å²) in [5.74, 6) is 0.148. The van der Waals surface area contributed by atoms with E-state index in [-0.39, 0.29) is 18.5 Å².